The summed E-state index contributed by atoms with van der Waals surface area (Å²) in [6, 6.07) is 0.553. The predicted octanol–water partition coefficient (Wildman–Crippen LogP) is 3.32. The van der Waals surface area contributed by atoms with Gasteiger partial charge < -0.3 is 10.3 Å². The van der Waals surface area contributed by atoms with E-state index in [4.69, 9.17) is 5.73 Å². The van der Waals surface area contributed by atoms with Gasteiger partial charge in [-0.2, -0.15) is 0 Å². The van der Waals surface area contributed by atoms with Crippen molar-refractivity contribution >= 4 is 17.0 Å². The zero-order valence-electron chi connectivity index (χ0n) is 10.8. The van der Waals surface area contributed by atoms with E-state index in [9.17, 15) is 0 Å². The summed E-state index contributed by atoms with van der Waals surface area (Å²) < 4.78 is 2.29. The molecule has 0 saturated heterocycles. The highest BCUT2D eigenvalue weighted by atomic mass is 32.1. The Hall–Kier alpha value is -1.36. The number of nitrogen functional groups attached to an aromatic ring is 1. The number of thiophene rings is 1. The largest absolute Gasteiger partial charge is 0.397 e. The fourth-order valence-corrected chi connectivity index (χ4v) is 3.70. The van der Waals surface area contributed by atoms with Gasteiger partial charge in [0.25, 0.3) is 0 Å². The summed E-state index contributed by atoms with van der Waals surface area (Å²) in [5, 5.41) is 10.7. The molecule has 0 aromatic carbocycles. The van der Waals surface area contributed by atoms with E-state index in [0.717, 1.165) is 27.8 Å². The number of anilines is 1. The lowest BCUT2D eigenvalue weighted by atomic mass is 10.2. The molecule has 18 heavy (non-hydrogen) atoms. The zero-order chi connectivity index (χ0) is 12.7. The van der Waals surface area contributed by atoms with Crippen LogP contribution < -0.4 is 5.73 Å². The number of nitrogens with zero attached hydrogens (tertiary/aromatic N) is 3. The van der Waals surface area contributed by atoms with Crippen LogP contribution >= 0.6 is 11.3 Å². The summed E-state index contributed by atoms with van der Waals surface area (Å²) in [5.74, 6) is 1.96. The second kappa shape index (κ2) is 4.39. The van der Waals surface area contributed by atoms with E-state index in [1.54, 1.807) is 11.3 Å². The number of hydrogen-bond acceptors (Lipinski definition) is 4. The molecule has 0 spiro atoms. The minimum Gasteiger partial charge on any atom is -0.397 e. The molecule has 1 fully saturated rings. The van der Waals surface area contributed by atoms with E-state index >= 15 is 0 Å². The first-order chi connectivity index (χ1) is 8.68. The fourth-order valence-electron chi connectivity index (χ4n) is 2.75. The Morgan fingerprint density at radius 2 is 2.00 bits per heavy atom. The Morgan fingerprint density at radius 1 is 1.28 bits per heavy atom. The minimum absolute atomic E-state index is 0.553. The molecular formula is C13H18N4S. The van der Waals surface area contributed by atoms with Gasteiger partial charge in [-0.3, -0.25) is 0 Å². The molecule has 2 heterocycles. The number of aryl methyl sites for hydroxylation is 2. The molecule has 0 atom stereocenters. The SMILES string of the molecule is Cc1csc(-c2nnc(C)n2C2CCCC2)c1N. The van der Waals surface area contributed by atoms with Crippen LogP contribution in [-0.4, -0.2) is 14.8 Å². The van der Waals surface area contributed by atoms with Gasteiger partial charge in [0.05, 0.1) is 10.6 Å². The second-order valence-corrected chi connectivity index (χ2v) is 5.92. The molecule has 4 nitrogen and oxygen atoms in total. The van der Waals surface area contributed by atoms with Gasteiger partial charge in [0, 0.05) is 6.04 Å². The summed E-state index contributed by atoms with van der Waals surface area (Å²) in [5.41, 5.74) is 8.13. The number of aromatic nitrogens is 3. The molecule has 96 valence electrons. The molecule has 0 unspecified atom stereocenters. The molecule has 3 rings (SSSR count). The highest BCUT2D eigenvalue weighted by Crippen LogP contribution is 2.38. The van der Waals surface area contributed by atoms with Crippen molar-refractivity contribution in [2.24, 2.45) is 0 Å². The maximum atomic E-state index is 6.14. The van der Waals surface area contributed by atoms with Crippen molar-refractivity contribution in [3.05, 3.63) is 16.8 Å². The molecule has 2 N–H and O–H groups in total. The Balaban J connectivity index is 2.10. The van der Waals surface area contributed by atoms with Crippen LogP contribution in [-0.2, 0) is 0 Å². The van der Waals surface area contributed by atoms with Crippen LogP contribution in [0.15, 0.2) is 5.38 Å². The molecule has 0 bridgehead atoms. The first-order valence-electron chi connectivity index (χ1n) is 6.44. The molecule has 2 aromatic rings. The Labute approximate surface area is 111 Å². The van der Waals surface area contributed by atoms with E-state index in [2.05, 4.69) is 20.1 Å². The Kier molecular flexibility index (Phi) is 2.86. The third-order valence-electron chi connectivity index (χ3n) is 3.78. The normalized spacial score (nSPS) is 16.6. The quantitative estimate of drug-likeness (QED) is 0.903. The molecular weight excluding hydrogens is 244 g/mol. The van der Waals surface area contributed by atoms with Crippen molar-refractivity contribution in [2.45, 2.75) is 45.6 Å². The summed E-state index contributed by atoms with van der Waals surface area (Å²) >= 11 is 1.67. The second-order valence-electron chi connectivity index (χ2n) is 5.04. The predicted molar refractivity (Wildman–Crippen MR) is 74.7 cm³/mol. The van der Waals surface area contributed by atoms with Gasteiger partial charge in [-0.1, -0.05) is 12.8 Å². The van der Waals surface area contributed by atoms with Gasteiger partial charge in [0.1, 0.15) is 5.82 Å². The standard InChI is InChI=1S/C13H18N4S/c1-8-7-18-12(11(8)14)13-16-15-9(2)17(13)10-5-3-4-6-10/h7,10H,3-6,14H2,1-2H3. The van der Waals surface area contributed by atoms with Crippen molar-refractivity contribution in [3.63, 3.8) is 0 Å². The smallest absolute Gasteiger partial charge is 0.176 e. The third kappa shape index (κ3) is 1.73. The lowest BCUT2D eigenvalue weighted by Crippen LogP contribution is -2.08. The minimum atomic E-state index is 0.553. The van der Waals surface area contributed by atoms with E-state index in [0.29, 0.717) is 6.04 Å². The molecule has 2 aromatic heterocycles. The highest BCUT2D eigenvalue weighted by Gasteiger charge is 2.24. The maximum Gasteiger partial charge on any atom is 0.176 e. The van der Waals surface area contributed by atoms with Crippen LogP contribution in [0.2, 0.25) is 0 Å². The summed E-state index contributed by atoms with van der Waals surface area (Å²) in [4.78, 5) is 1.07. The Bertz CT molecular complexity index is 564. The number of rotatable bonds is 2. The average molecular weight is 262 g/mol. The van der Waals surface area contributed by atoms with E-state index in [-0.39, 0.29) is 0 Å². The van der Waals surface area contributed by atoms with Gasteiger partial charge >= 0.3 is 0 Å². The van der Waals surface area contributed by atoms with Crippen molar-refractivity contribution in [2.75, 3.05) is 5.73 Å². The summed E-state index contributed by atoms with van der Waals surface area (Å²) in [6.45, 7) is 4.07. The van der Waals surface area contributed by atoms with Gasteiger partial charge in [-0.05, 0) is 37.6 Å². The molecule has 1 aliphatic rings. The molecule has 0 aliphatic heterocycles. The molecule has 5 heteroatoms. The van der Waals surface area contributed by atoms with Gasteiger partial charge in [-0.15, -0.1) is 21.5 Å². The molecule has 0 radical (unpaired) electrons. The third-order valence-corrected chi connectivity index (χ3v) is 4.89. The topological polar surface area (TPSA) is 56.7 Å². The van der Waals surface area contributed by atoms with Crippen LogP contribution in [0.4, 0.5) is 5.69 Å². The molecule has 1 saturated carbocycles. The van der Waals surface area contributed by atoms with Crippen molar-refractivity contribution in [1.82, 2.24) is 14.8 Å². The highest BCUT2D eigenvalue weighted by molar-refractivity contribution is 7.14. The van der Waals surface area contributed by atoms with Crippen molar-refractivity contribution in [3.8, 4) is 10.7 Å². The van der Waals surface area contributed by atoms with Crippen molar-refractivity contribution in [1.29, 1.82) is 0 Å². The van der Waals surface area contributed by atoms with Gasteiger partial charge in [0.2, 0.25) is 0 Å². The first kappa shape index (κ1) is 11.7. The van der Waals surface area contributed by atoms with Crippen LogP contribution in [0.5, 0.6) is 0 Å². The number of hydrogen-bond donors (Lipinski definition) is 1. The summed E-state index contributed by atoms with van der Waals surface area (Å²) in [6.07, 6.45) is 5.08. The van der Waals surface area contributed by atoms with Crippen molar-refractivity contribution < 1.29 is 0 Å². The fraction of sp³-hybridized carbons (Fsp3) is 0.538. The lowest BCUT2D eigenvalue weighted by molar-refractivity contribution is 0.511. The zero-order valence-corrected chi connectivity index (χ0v) is 11.6. The lowest BCUT2D eigenvalue weighted by Gasteiger charge is -2.15. The van der Waals surface area contributed by atoms with E-state index in [1.165, 1.54) is 25.7 Å². The van der Waals surface area contributed by atoms with Crippen LogP contribution in [0.25, 0.3) is 10.7 Å². The number of nitrogens with two attached hydrogens (primary N) is 1. The Morgan fingerprint density at radius 3 is 2.61 bits per heavy atom. The summed E-state index contributed by atoms with van der Waals surface area (Å²) in [7, 11) is 0. The van der Waals surface area contributed by atoms with Gasteiger partial charge in [0.15, 0.2) is 5.82 Å². The average Bonchev–Trinajstić information content (AvgIpc) is 3.03. The molecule has 0 amide bonds. The van der Waals surface area contributed by atoms with Gasteiger partial charge in [-0.25, -0.2) is 0 Å². The maximum absolute atomic E-state index is 6.14. The first-order valence-corrected chi connectivity index (χ1v) is 7.32. The van der Waals surface area contributed by atoms with E-state index in [1.807, 2.05) is 13.8 Å². The van der Waals surface area contributed by atoms with Crippen LogP contribution in [0.3, 0.4) is 0 Å². The van der Waals surface area contributed by atoms with Crippen LogP contribution in [0, 0.1) is 13.8 Å². The molecule has 1 aliphatic carbocycles. The monoisotopic (exact) mass is 262 g/mol. The van der Waals surface area contributed by atoms with Crippen LogP contribution in [0.1, 0.15) is 43.1 Å². The van der Waals surface area contributed by atoms with E-state index < -0.39 is 0 Å².